The second-order valence-corrected chi connectivity index (χ2v) is 13.0. The van der Waals surface area contributed by atoms with E-state index in [1.165, 1.54) is 30.6 Å². The van der Waals surface area contributed by atoms with Gasteiger partial charge in [0, 0.05) is 21.7 Å². The minimum Gasteiger partial charge on any atom is -0.493 e. The van der Waals surface area contributed by atoms with Crippen molar-refractivity contribution in [2.75, 3.05) is 19.5 Å². The SMILES string of the molecule is COc1ccc([C@@H]2c3sc(=O)n(CC(=O)Nc4ccc5ccccc5c4)c3SC3C4CCC(C4)C32)cc1OC. The summed E-state index contributed by atoms with van der Waals surface area (Å²) in [4.78, 5) is 27.6. The van der Waals surface area contributed by atoms with Gasteiger partial charge in [-0.15, -0.1) is 11.8 Å². The topological polar surface area (TPSA) is 69.6 Å². The maximum Gasteiger partial charge on any atom is 0.308 e. The molecule has 6 nitrogen and oxygen atoms in total. The summed E-state index contributed by atoms with van der Waals surface area (Å²) in [6.07, 6.45) is 3.77. The molecule has 2 bridgehead atoms. The number of nitrogens with zero attached hydrogens (tertiary/aromatic N) is 1. The van der Waals surface area contributed by atoms with Crippen LogP contribution in [0.25, 0.3) is 10.8 Å². The maximum atomic E-state index is 13.4. The van der Waals surface area contributed by atoms with Crippen molar-refractivity contribution in [1.82, 2.24) is 4.57 Å². The van der Waals surface area contributed by atoms with Gasteiger partial charge in [-0.1, -0.05) is 47.7 Å². The zero-order valence-electron chi connectivity index (χ0n) is 21.9. The molecule has 1 N–H and O–H groups in total. The van der Waals surface area contributed by atoms with Crippen LogP contribution in [0.5, 0.6) is 11.5 Å². The Hall–Kier alpha value is -3.23. The fraction of sp³-hybridized carbons (Fsp3) is 0.355. The molecule has 7 rings (SSSR count). The van der Waals surface area contributed by atoms with E-state index in [4.69, 9.17) is 9.47 Å². The fourth-order valence-electron chi connectivity index (χ4n) is 7.12. The fourth-order valence-corrected chi connectivity index (χ4v) is 10.3. The normalized spacial score (nSPS) is 24.8. The molecule has 1 aliphatic heterocycles. The Morgan fingerprint density at radius 2 is 1.77 bits per heavy atom. The number of hydrogen-bond acceptors (Lipinski definition) is 6. The summed E-state index contributed by atoms with van der Waals surface area (Å²) in [5.41, 5.74) is 1.89. The summed E-state index contributed by atoms with van der Waals surface area (Å²) < 4.78 is 12.9. The van der Waals surface area contributed by atoms with Crippen molar-refractivity contribution in [2.45, 2.75) is 42.0 Å². The Bertz CT molecular complexity index is 1640. The van der Waals surface area contributed by atoms with Crippen LogP contribution in [0.15, 0.2) is 70.5 Å². The largest absolute Gasteiger partial charge is 0.493 e. The van der Waals surface area contributed by atoms with Crippen LogP contribution < -0.4 is 19.7 Å². The summed E-state index contributed by atoms with van der Waals surface area (Å²) in [5, 5.41) is 6.63. The third-order valence-corrected chi connectivity index (χ3v) is 11.6. The molecule has 0 spiro atoms. The number of anilines is 1. The van der Waals surface area contributed by atoms with E-state index in [1.54, 1.807) is 18.8 Å². The number of nitrogens with one attached hydrogen (secondary N) is 1. The molecular formula is C31H30N2O4S2. The highest BCUT2D eigenvalue weighted by Gasteiger charge is 2.55. The second-order valence-electron chi connectivity index (χ2n) is 10.8. The molecule has 4 unspecified atom stereocenters. The summed E-state index contributed by atoms with van der Waals surface area (Å²) in [6, 6.07) is 20.1. The van der Waals surface area contributed by atoms with Crippen molar-refractivity contribution >= 4 is 45.5 Å². The molecule has 0 radical (unpaired) electrons. The number of hydrogen-bond donors (Lipinski definition) is 1. The molecule has 39 heavy (non-hydrogen) atoms. The molecule has 4 aromatic rings. The molecule has 0 saturated heterocycles. The quantitative estimate of drug-likeness (QED) is 0.298. The summed E-state index contributed by atoms with van der Waals surface area (Å²) >= 11 is 3.15. The van der Waals surface area contributed by atoms with Crippen molar-refractivity contribution in [3.63, 3.8) is 0 Å². The zero-order chi connectivity index (χ0) is 26.7. The Kier molecular flexibility index (Phi) is 6.20. The van der Waals surface area contributed by atoms with E-state index in [9.17, 15) is 9.59 Å². The van der Waals surface area contributed by atoms with E-state index in [2.05, 4.69) is 17.4 Å². The van der Waals surface area contributed by atoms with Gasteiger partial charge in [-0.05, 0) is 77.6 Å². The smallest absolute Gasteiger partial charge is 0.308 e. The Labute approximate surface area is 235 Å². The molecule has 1 amide bonds. The number of methoxy groups -OCH3 is 2. The molecule has 200 valence electrons. The highest BCUT2D eigenvalue weighted by Crippen LogP contribution is 2.64. The van der Waals surface area contributed by atoms with Crippen LogP contribution in [-0.2, 0) is 11.3 Å². The van der Waals surface area contributed by atoms with E-state index in [-0.39, 0.29) is 23.2 Å². The first-order valence-electron chi connectivity index (χ1n) is 13.4. The highest BCUT2D eigenvalue weighted by atomic mass is 32.2. The van der Waals surface area contributed by atoms with Crippen LogP contribution in [0.1, 0.15) is 35.6 Å². The number of thioether (sulfide) groups is 1. The Morgan fingerprint density at radius 3 is 2.59 bits per heavy atom. The molecule has 8 heteroatoms. The molecule has 3 aliphatic rings. The average molecular weight is 559 g/mol. The predicted octanol–water partition coefficient (Wildman–Crippen LogP) is 6.37. The number of amides is 1. The van der Waals surface area contributed by atoms with Crippen LogP contribution in [0.2, 0.25) is 0 Å². The maximum absolute atomic E-state index is 13.4. The van der Waals surface area contributed by atoms with Gasteiger partial charge in [0.1, 0.15) is 6.54 Å². The number of thiazole rings is 1. The number of fused-ring (bicyclic) bond motifs is 7. The second kappa shape index (κ2) is 9.75. The van der Waals surface area contributed by atoms with Crippen LogP contribution in [-0.4, -0.2) is 29.9 Å². The van der Waals surface area contributed by atoms with E-state index < -0.39 is 0 Å². The van der Waals surface area contributed by atoms with Gasteiger partial charge in [0.2, 0.25) is 5.91 Å². The van der Waals surface area contributed by atoms with E-state index in [1.807, 2.05) is 60.3 Å². The standard InChI is InChI=1S/C31H30N2O4S2/c1-36-23-12-10-20(15-24(23)37-2)27-26-19-7-8-21(13-19)28(26)38-30-29(27)39-31(35)33(30)16-25(34)32-22-11-9-17-5-3-4-6-18(17)14-22/h3-6,9-12,14-15,19,21,26-28H,7-8,13,16H2,1-2H3,(H,32,34)/t19?,21?,26?,27-,28?/m0/s1. The first-order chi connectivity index (χ1) is 19.0. The molecule has 5 atom stereocenters. The van der Waals surface area contributed by atoms with Gasteiger partial charge in [0.05, 0.1) is 19.2 Å². The molecule has 2 heterocycles. The van der Waals surface area contributed by atoms with Gasteiger partial charge < -0.3 is 14.8 Å². The van der Waals surface area contributed by atoms with Gasteiger partial charge in [0.25, 0.3) is 0 Å². The van der Waals surface area contributed by atoms with Gasteiger partial charge in [-0.2, -0.15) is 0 Å². The number of carbonyl (C=O) groups excluding carboxylic acids is 1. The van der Waals surface area contributed by atoms with Gasteiger partial charge in [-0.3, -0.25) is 14.2 Å². The molecule has 2 saturated carbocycles. The molecule has 3 aromatic carbocycles. The van der Waals surface area contributed by atoms with Crippen molar-refractivity contribution in [1.29, 1.82) is 0 Å². The minimum atomic E-state index is -0.189. The number of ether oxygens (including phenoxy) is 2. The Morgan fingerprint density at radius 1 is 0.974 bits per heavy atom. The molecule has 1 aromatic heterocycles. The van der Waals surface area contributed by atoms with Crippen molar-refractivity contribution in [3.05, 3.63) is 80.8 Å². The lowest BCUT2D eigenvalue weighted by Gasteiger charge is -2.40. The van der Waals surface area contributed by atoms with Crippen molar-refractivity contribution < 1.29 is 14.3 Å². The van der Waals surface area contributed by atoms with Crippen LogP contribution in [0.3, 0.4) is 0 Å². The summed E-state index contributed by atoms with van der Waals surface area (Å²) in [5.74, 6) is 3.15. The van der Waals surface area contributed by atoms with Gasteiger partial charge >= 0.3 is 4.87 Å². The third kappa shape index (κ3) is 4.16. The zero-order valence-corrected chi connectivity index (χ0v) is 23.5. The lowest BCUT2D eigenvalue weighted by atomic mass is 9.75. The lowest BCUT2D eigenvalue weighted by Crippen LogP contribution is -2.34. The first kappa shape index (κ1) is 24.8. The van der Waals surface area contributed by atoms with Crippen LogP contribution in [0, 0.1) is 17.8 Å². The van der Waals surface area contributed by atoms with Crippen molar-refractivity contribution in [3.8, 4) is 11.5 Å². The van der Waals surface area contributed by atoms with Crippen LogP contribution in [0.4, 0.5) is 5.69 Å². The lowest BCUT2D eigenvalue weighted by molar-refractivity contribution is -0.116. The number of benzene rings is 3. The number of aromatic nitrogens is 1. The molecular weight excluding hydrogens is 528 g/mol. The first-order valence-corrected chi connectivity index (χ1v) is 15.1. The van der Waals surface area contributed by atoms with E-state index in [0.29, 0.717) is 34.5 Å². The van der Waals surface area contributed by atoms with Crippen LogP contribution >= 0.6 is 23.1 Å². The average Bonchev–Trinajstić information content (AvgIpc) is 3.65. The predicted molar refractivity (Wildman–Crippen MR) is 157 cm³/mol. The monoisotopic (exact) mass is 558 g/mol. The minimum absolute atomic E-state index is 0.00856. The van der Waals surface area contributed by atoms with E-state index >= 15 is 0 Å². The highest BCUT2D eigenvalue weighted by molar-refractivity contribution is 8.00. The Balaban J connectivity index is 1.24. The summed E-state index contributed by atoms with van der Waals surface area (Å²) in [7, 11) is 3.31. The number of rotatable bonds is 6. The van der Waals surface area contributed by atoms with Crippen molar-refractivity contribution in [2.24, 2.45) is 17.8 Å². The third-order valence-electron chi connectivity index (χ3n) is 8.79. The molecule has 2 aliphatic carbocycles. The van der Waals surface area contributed by atoms with Gasteiger partial charge in [-0.25, -0.2) is 0 Å². The summed E-state index contributed by atoms with van der Waals surface area (Å²) in [6.45, 7) is 0.00856. The van der Waals surface area contributed by atoms with Gasteiger partial charge in [0.15, 0.2) is 11.5 Å². The number of carbonyl (C=O) groups is 1. The van der Waals surface area contributed by atoms with E-state index in [0.717, 1.165) is 31.9 Å². The molecule has 2 fully saturated rings.